The van der Waals surface area contributed by atoms with Gasteiger partial charge in [-0.15, -0.1) is 0 Å². The van der Waals surface area contributed by atoms with E-state index < -0.39 is 23.9 Å². The molecule has 142 valence electrons. The monoisotopic (exact) mass is 396 g/mol. The van der Waals surface area contributed by atoms with Gasteiger partial charge in [0.25, 0.3) is 0 Å². The molecule has 4 aromatic rings. The molecule has 0 saturated carbocycles. The van der Waals surface area contributed by atoms with Crippen LogP contribution < -0.4 is 0 Å². The molecule has 2 aromatic carbocycles. The Hall–Kier alpha value is -4.46. The molecule has 0 unspecified atom stereocenters. The highest BCUT2D eigenvalue weighted by Gasteiger charge is 2.31. The van der Waals surface area contributed by atoms with E-state index in [-0.39, 0.29) is 22.3 Å². The SMILES string of the molecule is O=C1OC(=O)c2cncc3c(-c4ncc5c6c(cccc46)C(=O)OC5=O)ccc1c23. The molecule has 8 nitrogen and oxygen atoms in total. The molecule has 8 heteroatoms. The number of carbonyl (C=O) groups is 4. The van der Waals surface area contributed by atoms with Crippen molar-refractivity contribution in [2.75, 3.05) is 0 Å². The molecule has 0 fully saturated rings. The normalized spacial score (nSPS) is 14.8. The highest BCUT2D eigenvalue weighted by atomic mass is 16.6. The fraction of sp³-hybridized carbons (Fsp3) is 0. The van der Waals surface area contributed by atoms with Crippen molar-refractivity contribution in [2.45, 2.75) is 0 Å². The average Bonchev–Trinajstić information content (AvgIpc) is 2.75. The molecular formula is C22H8N2O6. The molecule has 2 aliphatic heterocycles. The Morgan fingerprint density at radius 2 is 1.17 bits per heavy atom. The lowest BCUT2D eigenvalue weighted by atomic mass is 9.91. The van der Waals surface area contributed by atoms with Crippen LogP contribution in [0.5, 0.6) is 0 Å². The number of cyclic esters (lactones) is 4. The first kappa shape index (κ1) is 16.5. The van der Waals surface area contributed by atoms with E-state index in [4.69, 9.17) is 9.47 Å². The Kier molecular flexibility index (Phi) is 3.05. The number of carbonyl (C=O) groups excluding carboxylic acids is 4. The maximum absolute atomic E-state index is 12.2. The molecule has 6 rings (SSSR count). The van der Waals surface area contributed by atoms with Crippen LogP contribution in [0.3, 0.4) is 0 Å². The lowest BCUT2D eigenvalue weighted by molar-refractivity contribution is 0.0373. The van der Waals surface area contributed by atoms with Crippen LogP contribution in [0, 0.1) is 0 Å². The predicted molar refractivity (Wildman–Crippen MR) is 102 cm³/mol. The van der Waals surface area contributed by atoms with Gasteiger partial charge in [0.2, 0.25) is 0 Å². The summed E-state index contributed by atoms with van der Waals surface area (Å²) in [6.45, 7) is 0. The van der Waals surface area contributed by atoms with Gasteiger partial charge in [0.15, 0.2) is 0 Å². The van der Waals surface area contributed by atoms with Gasteiger partial charge in [-0.3, -0.25) is 9.97 Å². The number of aromatic nitrogens is 2. The van der Waals surface area contributed by atoms with Crippen LogP contribution >= 0.6 is 0 Å². The van der Waals surface area contributed by atoms with Gasteiger partial charge in [-0.05, 0) is 12.1 Å². The predicted octanol–water partition coefficient (Wildman–Crippen LogP) is 3.07. The number of ether oxygens (including phenoxy) is 2. The minimum absolute atomic E-state index is 0.186. The molecule has 0 bridgehead atoms. The van der Waals surface area contributed by atoms with Gasteiger partial charge in [0, 0.05) is 45.7 Å². The van der Waals surface area contributed by atoms with Gasteiger partial charge in [0.05, 0.1) is 27.9 Å². The quantitative estimate of drug-likeness (QED) is 0.356. The standard InChI is InChI=1S/C22H8N2O6/c25-19-11-3-1-2-10-16(11)15(22(28)29-19)8-24-18(10)9-4-5-12-17-13(9)6-23-7-14(17)21(27)30-20(12)26/h1-8H. The Balaban J connectivity index is 1.74. The number of pyridine rings is 2. The zero-order valence-electron chi connectivity index (χ0n) is 15.0. The van der Waals surface area contributed by atoms with Crippen LogP contribution in [0.25, 0.3) is 32.8 Å². The highest BCUT2D eigenvalue weighted by molar-refractivity contribution is 6.25. The number of esters is 4. The first-order valence-electron chi connectivity index (χ1n) is 8.90. The smallest absolute Gasteiger partial charge is 0.348 e. The second-order valence-electron chi connectivity index (χ2n) is 6.87. The lowest BCUT2D eigenvalue weighted by Gasteiger charge is -2.19. The lowest BCUT2D eigenvalue weighted by Crippen LogP contribution is -2.20. The van der Waals surface area contributed by atoms with Gasteiger partial charge in [0.1, 0.15) is 0 Å². The van der Waals surface area contributed by atoms with E-state index in [0.29, 0.717) is 32.8 Å². The first-order chi connectivity index (χ1) is 14.5. The average molecular weight is 396 g/mol. The summed E-state index contributed by atoms with van der Waals surface area (Å²) in [4.78, 5) is 57.3. The van der Waals surface area contributed by atoms with Crippen LogP contribution in [0.2, 0.25) is 0 Å². The van der Waals surface area contributed by atoms with Gasteiger partial charge in [-0.2, -0.15) is 0 Å². The van der Waals surface area contributed by atoms with Crippen molar-refractivity contribution in [3.63, 3.8) is 0 Å². The summed E-state index contributed by atoms with van der Waals surface area (Å²) < 4.78 is 9.55. The second kappa shape index (κ2) is 5.54. The van der Waals surface area contributed by atoms with Crippen LogP contribution in [0.1, 0.15) is 41.4 Å². The molecule has 0 aliphatic carbocycles. The second-order valence-corrected chi connectivity index (χ2v) is 6.87. The number of benzene rings is 2. The Morgan fingerprint density at radius 1 is 0.567 bits per heavy atom. The van der Waals surface area contributed by atoms with Crippen molar-refractivity contribution in [1.82, 2.24) is 9.97 Å². The third-order valence-electron chi connectivity index (χ3n) is 5.34. The molecular weight excluding hydrogens is 388 g/mol. The van der Waals surface area contributed by atoms with Gasteiger partial charge >= 0.3 is 23.9 Å². The molecule has 2 aromatic heterocycles. The van der Waals surface area contributed by atoms with E-state index in [1.807, 2.05) is 0 Å². The summed E-state index contributed by atoms with van der Waals surface area (Å²) in [7, 11) is 0. The maximum atomic E-state index is 12.2. The van der Waals surface area contributed by atoms with Crippen molar-refractivity contribution in [3.05, 3.63) is 71.2 Å². The van der Waals surface area contributed by atoms with Crippen molar-refractivity contribution in [2.24, 2.45) is 0 Å². The summed E-state index contributed by atoms with van der Waals surface area (Å²) in [5.41, 5.74) is 1.99. The summed E-state index contributed by atoms with van der Waals surface area (Å²) in [6, 6.07) is 8.25. The molecule has 0 saturated heterocycles. The van der Waals surface area contributed by atoms with Crippen LogP contribution in [0.4, 0.5) is 0 Å². The number of rotatable bonds is 1. The Bertz CT molecular complexity index is 1370. The highest BCUT2D eigenvalue weighted by Crippen LogP contribution is 2.39. The molecule has 0 N–H and O–H groups in total. The number of hydrogen-bond donors (Lipinski definition) is 0. The number of hydrogen-bond acceptors (Lipinski definition) is 8. The van der Waals surface area contributed by atoms with Gasteiger partial charge in [-0.1, -0.05) is 18.2 Å². The van der Waals surface area contributed by atoms with E-state index in [9.17, 15) is 19.2 Å². The van der Waals surface area contributed by atoms with Gasteiger partial charge < -0.3 is 9.47 Å². The zero-order valence-corrected chi connectivity index (χ0v) is 15.0. The van der Waals surface area contributed by atoms with E-state index in [1.54, 1.807) is 36.5 Å². The maximum Gasteiger partial charge on any atom is 0.348 e. The Morgan fingerprint density at radius 3 is 1.93 bits per heavy atom. The first-order valence-corrected chi connectivity index (χ1v) is 8.90. The third-order valence-corrected chi connectivity index (χ3v) is 5.34. The minimum atomic E-state index is -0.763. The molecule has 0 spiro atoms. The molecule has 0 amide bonds. The molecule has 4 heterocycles. The molecule has 0 atom stereocenters. The summed E-state index contributed by atoms with van der Waals surface area (Å²) in [5, 5.41) is 1.99. The fourth-order valence-corrected chi connectivity index (χ4v) is 4.06. The van der Waals surface area contributed by atoms with E-state index in [2.05, 4.69) is 9.97 Å². The minimum Gasteiger partial charge on any atom is -0.386 e. The van der Waals surface area contributed by atoms with Gasteiger partial charge in [-0.25, -0.2) is 19.2 Å². The molecule has 0 radical (unpaired) electrons. The topological polar surface area (TPSA) is 113 Å². The molecule has 2 aliphatic rings. The summed E-state index contributed by atoms with van der Waals surface area (Å²) in [5.74, 6) is -2.97. The van der Waals surface area contributed by atoms with Crippen molar-refractivity contribution in [1.29, 1.82) is 0 Å². The summed E-state index contributed by atoms with van der Waals surface area (Å²) in [6.07, 6.45) is 4.25. The third kappa shape index (κ3) is 1.99. The molecule has 30 heavy (non-hydrogen) atoms. The fourth-order valence-electron chi connectivity index (χ4n) is 4.06. The Labute approximate surface area is 167 Å². The van der Waals surface area contributed by atoms with E-state index >= 15 is 0 Å². The van der Waals surface area contributed by atoms with Crippen molar-refractivity contribution in [3.8, 4) is 11.3 Å². The van der Waals surface area contributed by atoms with Crippen molar-refractivity contribution < 1.29 is 28.7 Å². The van der Waals surface area contributed by atoms with E-state index in [1.165, 1.54) is 12.4 Å². The number of nitrogens with zero attached hydrogens (tertiary/aromatic N) is 2. The summed E-state index contributed by atoms with van der Waals surface area (Å²) >= 11 is 0. The van der Waals surface area contributed by atoms with Crippen LogP contribution in [-0.4, -0.2) is 33.8 Å². The largest absolute Gasteiger partial charge is 0.386 e. The van der Waals surface area contributed by atoms with E-state index in [0.717, 1.165) is 0 Å². The van der Waals surface area contributed by atoms with Crippen LogP contribution in [-0.2, 0) is 9.47 Å². The van der Waals surface area contributed by atoms with Crippen LogP contribution in [0.15, 0.2) is 48.9 Å². The zero-order chi connectivity index (χ0) is 20.6. The van der Waals surface area contributed by atoms with Crippen molar-refractivity contribution >= 4 is 45.4 Å².